The zero-order valence-electron chi connectivity index (χ0n) is 9.32. The number of nitrogens with two attached hydrogens (primary N) is 1. The topological polar surface area (TPSA) is 83.6 Å². The molecular weight excluding hydrogens is 208 g/mol. The third kappa shape index (κ3) is 1.69. The number of hydrogen-bond donors (Lipinski definition) is 2. The number of amides is 1. The van der Waals surface area contributed by atoms with Crippen LogP contribution in [0.15, 0.2) is 0 Å². The largest absolute Gasteiger partial charge is 0.481 e. The van der Waals surface area contributed by atoms with Crippen molar-refractivity contribution in [2.75, 3.05) is 19.6 Å². The normalized spacial score (nSPS) is 27.6. The molecule has 0 aromatic carbocycles. The minimum atomic E-state index is -0.800. The van der Waals surface area contributed by atoms with Crippen molar-refractivity contribution in [3.8, 4) is 0 Å². The summed E-state index contributed by atoms with van der Waals surface area (Å²) in [7, 11) is 0. The number of aliphatic carboxylic acids is 1. The first kappa shape index (κ1) is 11.4. The molecule has 0 spiro atoms. The number of rotatable bonds is 3. The second-order valence-electron chi connectivity index (χ2n) is 4.91. The van der Waals surface area contributed by atoms with E-state index in [9.17, 15) is 9.59 Å². The Kier molecular flexibility index (Phi) is 2.88. The number of carbonyl (C=O) groups is 2. The molecule has 1 aliphatic heterocycles. The predicted molar refractivity (Wildman–Crippen MR) is 57.7 cm³/mol. The maximum absolute atomic E-state index is 12.2. The van der Waals surface area contributed by atoms with Gasteiger partial charge in [0, 0.05) is 19.6 Å². The molecule has 0 aromatic rings. The summed E-state index contributed by atoms with van der Waals surface area (Å²) in [6.07, 6.45) is 3.34. The van der Waals surface area contributed by atoms with Crippen molar-refractivity contribution in [1.82, 2.24) is 4.90 Å². The van der Waals surface area contributed by atoms with Crippen LogP contribution in [0.25, 0.3) is 0 Å². The quantitative estimate of drug-likeness (QED) is 0.712. The number of carboxylic acids is 1. The van der Waals surface area contributed by atoms with Crippen LogP contribution in [0.4, 0.5) is 0 Å². The van der Waals surface area contributed by atoms with Gasteiger partial charge < -0.3 is 15.7 Å². The van der Waals surface area contributed by atoms with E-state index in [2.05, 4.69) is 0 Å². The minimum absolute atomic E-state index is 0.0741. The zero-order valence-corrected chi connectivity index (χ0v) is 9.32. The van der Waals surface area contributed by atoms with E-state index in [0.717, 1.165) is 19.3 Å². The van der Waals surface area contributed by atoms with E-state index in [1.807, 2.05) is 0 Å². The Hall–Kier alpha value is -1.10. The fraction of sp³-hybridized carbons (Fsp3) is 0.818. The number of likely N-dealkylation sites (tertiary alicyclic amines) is 1. The van der Waals surface area contributed by atoms with Crippen LogP contribution in [-0.4, -0.2) is 41.5 Å². The average molecular weight is 226 g/mol. The van der Waals surface area contributed by atoms with Gasteiger partial charge in [-0.1, -0.05) is 6.42 Å². The van der Waals surface area contributed by atoms with E-state index >= 15 is 0 Å². The summed E-state index contributed by atoms with van der Waals surface area (Å²) in [4.78, 5) is 24.7. The number of carboxylic acid groups (broad SMARTS) is 1. The standard InChI is InChI=1S/C11H18N2O3/c12-7-11(3-1-4-11)10(16)13-5-2-8(6-13)9(14)15/h8H,1-7,12H2,(H,14,15). The molecule has 16 heavy (non-hydrogen) atoms. The number of nitrogens with zero attached hydrogens (tertiary/aromatic N) is 1. The molecule has 1 heterocycles. The van der Waals surface area contributed by atoms with Crippen molar-refractivity contribution in [3.63, 3.8) is 0 Å². The molecule has 1 unspecified atom stereocenters. The highest BCUT2D eigenvalue weighted by atomic mass is 16.4. The van der Waals surface area contributed by atoms with Crippen LogP contribution in [0, 0.1) is 11.3 Å². The van der Waals surface area contributed by atoms with E-state index in [1.54, 1.807) is 4.90 Å². The van der Waals surface area contributed by atoms with Crippen molar-refractivity contribution in [2.24, 2.45) is 17.1 Å². The maximum atomic E-state index is 12.2. The van der Waals surface area contributed by atoms with Gasteiger partial charge in [0.05, 0.1) is 11.3 Å². The number of carbonyl (C=O) groups excluding carboxylic acids is 1. The molecule has 1 atom stereocenters. The van der Waals surface area contributed by atoms with Crippen LogP contribution in [0.3, 0.4) is 0 Å². The molecule has 1 saturated heterocycles. The van der Waals surface area contributed by atoms with E-state index in [1.165, 1.54) is 0 Å². The lowest BCUT2D eigenvalue weighted by molar-refractivity contribution is -0.146. The highest BCUT2D eigenvalue weighted by molar-refractivity contribution is 5.85. The second kappa shape index (κ2) is 4.05. The molecule has 2 aliphatic rings. The molecule has 3 N–H and O–H groups in total. The first-order chi connectivity index (χ1) is 7.59. The molecule has 1 amide bonds. The summed E-state index contributed by atoms with van der Waals surface area (Å²) in [6, 6.07) is 0. The Morgan fingerprint density at radius 1 is 1.44 bits per heavy atom. The van der Waals surface area contributed by atoms with Gasteiger partial charge in [-0.3, -0.25) is 9.59 Å². The summed E-state index contributed by atoms with van der Waals surface area (Å²) >= 11 is 0. The summed E-state index contributed by atoms with van der Waals surface area (Å²) in [5.74, 6) is -1.12. The van der Waals surface area contributed by atoms with Gasteiger partial charge in [-0.2, -0.15) is 0 Å². The Morgan fingerprint density at radius 2 is 2.12 bits per heavy atom. The highest BCUT2D eigenvalue weighted by Gasteiger charge is 2.46. The van der Waals surface area contributed by atoms with Gasteiger partial charge in [0.25, 0.3) is 0 Å². The van der Waals surface area contributed by atoms with Gasteiger partial charge in [0.2, 0.25) is 5.91 Å². The average Bonchev–Trinajstić information content (AvgIpc) is 2.65. The van der Waals surface area contributed by atoms with Gasteiger partial charge in [-0.05, 0) is 19.3 Å². The molecular formula is C11H18N2O3. The van der Waals surface area contributed by atoms with Crippen LogP contribution in [0.1, 0.15) is 25.7 Å². The minimum Gasteiger partial charge on any atom is -0.481 e. The third-order valence-electron chi connectivity index (χ3n) is 3.98. The van der Waals surface area contributed by atoms with Gasteiger partial charge in [0.15, 0.2) is 0 Å². The summed E-state index contributed by atoms with van der Waals surface area (Å²) in [5, 5.41) is 8.88. The Balaban J connectivity index is 1.99. The van der Waals surface area contributed by atoms with Gasteiger partial charge in [-0.15, -0.1) is 0 Å². The van der Waals surface area contributed by atoms with Gasteiger partial charge >= 0.3 is 5.97 Å². The molecule has 5 heteroatoms. The first-order valence-corrected chi connectivity index (χ1v) is 5.81. The lowest BCUT2D eigenvalue weighted by atomic mass is 9.68. The zero-order chi connectivity index (χ0) is 11.8. The second-order valence-corrected chi connectivity index (χ2v) is 4.91. The SMILES string of the molecule is NCC1(C(=O)N2CCC(C(=O)O)C2)CCC1. The summed E-state index contributed by atoms with van der Waals surface area (Å²) in [6.45, 7) is 1.31. The highest BCUT2D eigenvalue weighted by Crippen LogP contribution is 2.42. The van der Waals surface area contributed by atoms with Crippen LogP contribution >= 0.6 is 0 Å². The van der Waals surface area contributed by atoms with Crippen LogP contribution in [0.5, 0.6) is 0 Å². The predicted octanol–water partition coefficient (Wildman–Crippen LogP) is 0.0485. The molecule has 0 aromatic heterocycles. The lowest BCUT2D eigenvalue weighted by Gasteiger charge is -2.41. The van der Waals surface area contributed by atoms with E-state index in [4.69, 9.17) is 10.8 Å². The molecule has 2 fully saturated rings. The van der Waals surface area contributed by atoms with Crippen molar-refractivity contribution in [3.05, 3.63) is 0 Å². The van der Waals surface area contributed by atoms with Crippen molar-refractivity contribution >= 4 is 11.9 Å². The first-order valence-electron chi connectivity index (χ1n) is 5.81. The third-order valence-corrected chi connectivity index (χ3v) is 3.98. The Labute approximate surface area is 94.6 Å². The van der Waals surface area contributed by atoms with Crippen molar-refractivity contribution < 1.29 is 14.7 Å². The van der Waals surface area contributed by atoms with Gasteiger partial charge in [0.1, 0.15) is 0 Å². The Morgan fingerprint density at radius 3 is 2.50 bits per heavy atom. The molecule has 1 saturated carbocycles. The monoisotopic (exact) mass is 226 g/mol. The van der Waals surface area contributed by atoms with E-state index in [0.29, 0.717) is 26.1 Å². The summed E-state index contributed by atoms with van der Waals surface area (Å²) in [5.41, 5.74) is 5.30. The Bertz CT molecular complexity index is 307. The molecule has 1 aliphatic carbocycles. The fourth-order valence-electron chi connectivity index (χ4n) is 2.59. The molecule has 2 rings (SSSR count). The van der Waals surface area contributed by atoms with Crippen LogP contribution < -0.4 is 5.73 Å². The molecule has 0 radical (unpaired) electrons. The van der Waals surface area contributed by atoms with Crippen molar-refractivity contribution in [2.45, 2.75) is 25.7 Å². The lowest BCUT2D eigenvalue weighted by Crippen LogP contribution is -2.51. The number of hydrogen-bond acceptors (Lipinski definition) is 3. The molecule has 90 valence electrons. The smallest absolute Gasteiger partial charge is 0.308 e. The summed E-state index contributed by atoms with van der Waals surface area (Å²) < 4.78 is 0. The fourth-order valence-corrected chi connectivity index (χ4v) is 2.59. The molecule has 0 bridgehead atoms. The molecule has 5 nitrogen and oxygen atoms in total. The van der Waals surface area contributed by atoms with Crippen LogP contribution in [-0.2, 0) is 9.59 Å². The van der Waals surface area contributed by atoms with Crippen molar-refractivity contribution in [1.29, 1.82) is 0 Å². The van der Waals surface area contributed by atoms with Gasteiger partial charge in [-0.25, -0.2) is 0 Å². The van der Waals surface area contributed by atoms with E-state index < -0.39 is 5.97 Å². The maximum Gasteiger partial charge on any atom is 0.308 e. The van der Waals surface area contributed by atoms with E-state index in [-0.39, 0.29) is 17.2 Å². The van der Waals surface area contributed by atoms with Crippen LogP contribution in [0.2, 0.25) is 0 Å².